The highest BCUT2D eigenvalue weighted by molar-refractivity contribution is 7.08. The molecule has 1 aromatic heterocycles. The molecule has 0 amide bonds. The Morgan fingerprint density at radius 3 is 3.00 bits per heavy atom. The van der Waals surface area contributed by atoms with E-state index in [0.717, 1.165) is 5.69 Å². The van der Waals surface area contributed by atoms with Crippen LogP contribution in [0.25, 0.3) is 0 Å². The molecule has 0 unspecified atom stereocenters. The van der Waals surface area contributed by atoms with E-state index < -0.39 is 6.10 Å². The molecule has 1 aromatic rings. The monoisotopic (exact) mass is 173 g/mol. The Morgan fingerprint density at radius 1 is 1.64 bits per heavy atom. The summed E-state index contributed by atoms with van der Waals surface area (Å²) >= 11 is 1.59. The lowest BCUT2D eigenvalue weighted by atomic mass is 10.3. The third-order valence-corrected chi connectivity index (χ3v) is 1.96. The standard InChI is InChI=1S/C7H11NO2S/c9-4-7(10)3-8-6-1-2-11-5-6/h1-2,5,7-10H,3-4H2/t7-/m0/s1. The third kappa shape index (κ3) is 2.88. The van der Waals surface area contributed by atoms with Gasteiger partial charge in [0.25, 0.3) is 0 Å². The first-order chi connectivity index (χ1) is 5.33. The Balaban J connectivity index is 2.23. The molecule has 0 radical (unpaired) electrons. The summed E-state index contributed by atoms with van der Waals surface area (Å²) in [5.41, 5.74) is 0.988. The number of hydrogen-bond acceptors (Lipinski definition) is 4. The Morgan fingerprint density at radius 2 is 2.45 bits per heavy atom. The summed E-state index contributed by atoms with van der Waals surface area (Å²) in [6, 6.07) is 1.93. The maximum absolute atomic E-state index is 8.95. The van der Waals surface area contributed by atoms with Crippen LogP contribution in [-0.2, 0) is 0 Å². The van der Waals surface area contributed by atoms with Crippen molar-refractivity contribution in [1.29, 1.82) is 0 Å². The van der Waals surface area contributed by atoms with Gasteiger partial charge in [0.1, 0.15) is 0 Å². The lowest BCUT2D eigenvalue weighted by Crippen LogP contribution is -2.22. The quantitative estimate of drug-likeness (QED) is 0.622. The molecule has 3 nitrogen and oxygen atoms in total. The number of aliphatic hydroxyl groups excluding tert-OH is 2. The van der Waals surface area contributed by atoms with Gasteiger partial charge in [0.05, 0.1) is 12.7 Å². The molecule has 4 heteroatoms. The van der Waals surface area contributed by atoms with E-state index in [2.05, 4.69) is 5.32 Å². The summed E-state index contributed by atoms with van der Waals surface area (Å²) in [6.07, 6.45) is -0.671. The predicted molar refractivity (Wildman–Crippen MR) is 45.9 cm³/mol. The first-order valence-electron chi connectivity index (χ1n) is 3.38. The number of nitrogens with one attached hydrogen (secondary N) is 1. The highest BCUT2D eigenvalue weighted by Gasteiger charge is 2.00. The molecule has 0 aromatic carbocycles. The third-order valence-electron chi connectivity index (χ3n) is 1.27. The van der Waals surface area contributed by atoms with Crippen molar-refractivity contribution < 1.29 is 10.2 Å². The fourth-order valence-electron chi connectivity index (χ4n) is 0.665. The van der Waals surface area contributed by atoms with E-state index in [9.17, 15) is 0 Å². The molecule has 1 heterocycles. The van der Waals surface area contributed by atoms with Crippen molar-refractivity contribution in [2.75, 3.05) is 18.5 Å². The van der Waals surface area contributed by atoms with Crippen molar-refractivity contribution in [3.05, 3.63) is 16.8 Å². The molecular formula is C7H11NO2S. The van der Waals surface area contributed by atoms with Crippen molar-refractivity contribution in [2.45, 2.75) is 6.10 Å². The maximum atomic E-state index is 8.95. The average molecular weight is 173 g/mol. The molecular weight excluding hydrogens is 162 g/mol. The fourth-order valence-corrected chi connectivity index (χ4v) is 1.28. The minimum atomic E-state index is -0.671. The summed E-state index contributed by atoms with van der Waals surface area (Å²) in [6.45, 7) is 0.199. The van der Waals surface area contributed by atoms with Crippen molar-refractivity contribution >= 4 is 17.0 Å². The molecule has 0 fully saturated rings. The lowest BCUT2D eigenvalue weighted by molar-refractivity contribution is 0.105. The number of rotatable bonds is 4. The van der Waals surface area contributed by atoms with Crippen molar-refractivity contribution in [3.63, 3.8) is 0 Å². The highest BCUT2D eigenvalue weighted by atomic mass is 32.1. The van der Waals surface area contributed by atoms with Crippen LogP contribution in [0.5, 0.6) is 0 Å². The minimum Gasteiger partial charge on any atom is -0.394 e. The van der Waals surface area contributed by atoms with Gasteiger partial charge in [0.15, 0.2) is 0 Å². The van der Waals surface area contributed by atoms with Crippen LogP contribution in [0.2, 0.25) is 0 Å². The molecule has 62 valence electrons. The maximum Gasteiger partial charge on any atom is 0.0942 e. The molecule has 1 atom stereocenters. The van der Waals surface area contributed by atoms with Gasteiger partial charge in [0.2, 0.25) is 0 Å². The molecule has 0 bridgehead atoms. The van der Waals surface area contributed by atoms with Gasteiger partial charge >= 0.3 is 0 Å². The predicted octanol–water partition coefficient (Wildman–Crippen LogP) is 0.513. The summed E-state index contributed by atoms with van der Waals surface area (Å²) < 4.78 is 0. The van der Waals surface area contributed by atoms with Gasteiger partial charge in [-0.05, 0) is 11.4 Å². The van der Waals surface area contributed by atoms with Crippen LogP contribution in [0.15, 0.2) is 16.8 Å². The zero-order valence-electron chi connectivity index (χ0n) is 6.03. The van der Waals surface area contributed by atoms with Gasteiger partial charge in [-0.25, -0.2) is 0 Å². The van der Waals surface area contributed by atoms with E-state index in [0.29, 0.717) is 6.54 Å². The largest absolute Gasteiger partial charge is 0.394 e. The lowest BCUT2D eigenvalue weighted by Gasteiger charge is -2.07. The second-order valence-corrected chi connectivity index (χ2v) is 3.01. The van der Waals surface area contributed by atoms with E-state index in [4.69, 9.17) is 10.2 Å². The molecule has 3 N–H and O–H groups in total. The topological polar surface area (TPSA) is 52.5 Å². The van der Waals surface area contributed by atoms with E-state index in [-0.39, 0.29) is 6.61 Å². The van der Waals surface area contributed by atoms with Crippen LogP contribution < -0.4 is 5.32 Å². The number of hydrogen-bond donors (Lipinski definition) is 3. The summed E-state index contributed by atoms with van der Waals surface area (Å²) in [7, 11) is 0. The van der Waals surface area contributed by atoms with Crippen LogP contribution in [0.4, 0.5) is 5.69 Å². The summed E-state index contributed by atoms with van der Waals surface area (Å²) in [5, 5.41) is 24.3. The van der Waals surface area contributed by atoms with Crippen molar-refractivity contribution in [3.8, 4) is 0 Å². The number of thiophene rings is 1. The normalized spacial score (nSPS) is 12.9. The van der Waals surface area contributed by atoms with E-state index >= 15 is 0 Å². The average Bonchev–Trinajstić information content (AvgIpc) is 2.52. The first-order valence-corrected chi connectivity index (χ1v) is 4.32. The van der Waals surface area contributed by atoms with Crippen LogP contribution in [0.1, 0.15) is 0 Å². The highest BCUT2D eigenvalue weighted by Crippen LogP contribution is 2.11. The number of aliphatic hydroxyl groups is 2. The molecule has 11 heavy (non-hydrogen) atoms. The van der Waals surface area contributed by atoms with E-state index in [1.165, 1.54) is 0 Å². The summed E-state index contributed by atoms with van der Waals surface area (Å²) in [4.78, 5) is 0. The van der Waals surface area contributed by atoms with E-state index in [1.54, 1.807) is 11.3 Å². The second-order valence-electron chi connectivity index (χ2n) is 2.23. The molecule has 0 spiro atoms. The minimum absolute atomic E-state index is 0.197. The van der Waals surface area contributed by atoms with Gasteiger partial charge in [0, 0.05) is 17.6 Å². The van der Waals surface area contributed by atoms with Crippen LogP contribution in [0.3, 0.4) is 0 Å². The molecule has 0 aliphatic rings. The van der Waals surface area contributed by atoms with E-state index in [1.807, 2.05) is 16.8 Å². The van der Waals surface area contributed by atoms with Crippen molar-refractivity contribution in [1.82, 2.24) is 0 Å². The second kappa shape index (κ2) is 4.33. The Bertz CT molecular complexity index is 188. The van der Waals surface area contributed by atoms with Gasteiger partial charge in [-0.15, -0.1) is 0 Å². The molecule has 0 saturated carbocycles. The smallest absolute Gasteiger partial charge is 0.0942 e. The van der Waals surface area contributed by atoms with Crippen LogP contribution >= 0.6 is 11.3 Å². The Kier molecular flexibility index (Phi) is 3.35. The Labute approximate surface area is 69.3 Å². The van der Waals surface area contributed by atoms with Gasteiger partial charge in [-0.3, -0.25) is 0 Å². The fraction of sp³-hybridized carbons (Fsp3) is 0.429. The zero-order valence-corrected chi connectivity index (χ0v) is 6.84. The van der Waals surface area contributed by atoms with Gasteiger partial charge in [-0.2, -0.15) is 11.3 Å². The van der Waals surface area contributed by atoms with Gasteiger partial charge < -0.3 is 15.5 Å². The van der Waals surface area contributed by atoms with Gasteiger partial charge in [-0.1, -0.05) is 0 Å². The SMILES string of the molecule is OC[C@@H](O)CNc1ccsc1. The Hall–Kier alpha value is -0.580. The van der Waals surface area contributed by atoms with Crippen molar-refractivity contribution in [2.24, 2.45) is 0 Å². The van der Waals surface area contributed by atoms with Crippen LogP contribution in [-0.4, -0.2) is 29.5 Å². The number of anilines is 1. The first kappa shape index (κ1) is 8.52. The molecule has 0 aliphatic carbocycles. The molecule has 0 saturated heterocycles. The molecule has 0 aliphatic heterocycles. The molecule has 1 rings (SSSR count). The zero-order chi connectivity index (χ0) is 8.10. The van der Waals surface area contributed by atoms with Crippen LogP contribution in [0, 0.1) is 0 Å². The summed E-state index contributed by atoms with van der Waals surface area (Å²) in [5.74, 6) is 0.